The normalized spacial score (nSPS) is 12.8. The minimum atomic E-state index is -3.45. The van der Waals surface area contributed by atoms with Gasteiger partial charge in [0.25, 0.3) is 0 Å². The van der Waals surface area contributed by atoms with E-state index in [2.05, 4.69) is 0 Å². The van der Waals surface area contributed by atoms with Crippen LogP contribution in [0.4, 0.5) is 0 Å². The fourth-order valence-corrected chi connectivity index (χ4v) is 4.46. The maximum Gasteiger partial charge on any atom is 0.242 e. The summed E-state index contributed by atoms with van der Waals surface area (Å²) in [4.78, 5) is 14.6. The summed E-state index contributed by atoms with van der Waals surface area (Å²) in [5.74, 6) is 0.629. The van der Waals surface area contributed by atoms with Crippen LogP contribution in [0.2, 0.25) is 0 Å². The highest BCUT2D eigenvalue weighted by atomic mass is 32.2. The van der Waals surface area contributed by atoms with E-state index in [9.17, 15) is 13.2 Å². The van der Waals surface area contributed by atoms with Crippen LogP contribution in [-0.2, 0) is 27.1 Å². The van der Waals surface area contributed by atoms with E-state index in [0.29, 0.717) is 12.3 Å². The van der Waals surface area contributed by atoms with Crippen LogP contribution in [0.15, 0.2) is 59.5 Å². The topological polar surface area (TPSA) is 57.7 Å². The molecule has 0 bridgehead atoms. The van der Waals surface area contributed by atoms with Crippen LogP contribution >= 0.6 is 11.8 Å². The molecule has 2 aromatic rings. The standard InChI is InChI=1S/C20H26N2O3S2/c1-16(20(23)22(4)14-17-9-6-5-7-10-17)26-15-18-11-8-12-19(13-18)27(24,25)21(2)3/h5-13,16H,14-15H2,1-4H3/t16-/m1/s1. The Morgan fingerprint density at radius 3 is 2.26 bits per heavy atom. The molecule has 0 fully saturated rings. The average molecular weight is 407 g/mol. The number of benzene rings is 2. The molecule has 0 aliphatic carbocycles. The van der Waals surface area contributed by atoms with E-state index in [1.54, 1.807) is 30.1 Å². The summed E-state index contributed by atoms with van der Waals surface area (Å²) in [5.41, 5.74) is 1.97. The van der Waals surface area contributed by atoms with Crippen molar-refractivity contribution in [2.24, 2.45) is 0 Å². The Hall–Kier alpha value is -1.83. The molecule has 2 aromatic carbocycles. The Morgan fingerprint density at radius 2 is 1.63 bits per heavy atom. The Bertz CT molecular complexity index is 868. The zero-order valence-electron chi connectivity index (χ0n) is 16.1. The first-order chi connectivity index (χ1) is 12.7. The zero-order valence-corrected chi connectivity index (χ0v) is 17.8. The van der Waals surface area contributed by atoms with Gasteiger partial charge in [-0.25, -0.2) is 12.7 Å². The lowest BCUT2D eigenvalue weighted by Crippen LogP contribution is -2.32. The fraction of sp³-hybridized carbons (Fsp3) is 0.350. The molecule has 7 heteroatoms. The van der Waals surface area contributed by atoms with E-state index in [1.165, 1.54) is 30.2 Å². The van der Waals surface area contributed by atoms with Gasteiger partial charge in [-0.3, -0.25) is 4.79 Å². The lowest BCUT2D eigenvalue weighted by atomic mass is 10.2. The number of sulfonamides is 1. The Balaban J connectivity index is 1.97. The van der Waals surface area contributed by atoms with E-state index >= 15 is 0 Å². The molecule has 0 heterocycles. The minimum absolute atomic E-state index is 0.0564. The van der Waals surface area contributed by atoms with Crippen molar-refractivity contribution in [1.82, 2.24) is 9.21 Å². The molecule has 0 saturated heterocycles. The highest BCUT2D eigenvalue weighted by molar-refractivity contribution is 7.99. The molecule has 1 amide bonds. The molecule has 0 aliphatic heterocycles. The summed E-state index contributed by atoms with van der Waals surface area (Å²) in [6, 6.07) is 16.7. The second-order valence-electron chi connectivity index (χ2n) is 6.57. The number of amides is 1. The summed E-state index contributed by atoms with van der Waals surface area (Å²) in [5, 5.41) is -0.215. The molecule has 27 heavy (non-hydrogen) atoms. The Morgan fingerprint density at radius 1 is 1.00 bits per heavy atom. The Kier molecular flexibility index (Phi) is 7.47. The zero-order chi connectivity index (χ0) is 20.0. The summed E-state index contributed by atoms with van der Waals surface area (Å²) in [6.07, 6.45) is 0. The molecule has 0 saturated carbocycles. The number of thioether (sulfide) groups is 1. The summed E-state index contributed by atoms with van der Waals surface area (Å²) in [6.45, 7) is 2.45. The van der Waals surface area contributed by atoms with Gasteiger partial charge in [0.15, 0.2) is 0 Å². The smallest absolute Gasteiger partial charge is 0.242 e. The molecule has 146 valence electrons. The van der Waals surface area contributed by atoms with E-state index < -0.39 is 10.0 Å². The molecule has 2 rings (SSSR count). The van der Waals surface area contributed by atoms with Crippen molar-refractivity contribution in [3.8, 4) is 0 Å². The molecule has 1 atom stereocenters. The largest absolute Gasteiger partial charge is 0.340 e. The molecule has 0 aliphatic rings. The van der Waals surface area contributed by atoms with Gasteiger partial charge in [0.2, 0.25) is 15.9 Å². The van der Waals surface area contributed by atoms with Crippen LogP contribution in [0.25, 0.3) is 0 Å². The second kappa shape index (κ2) is 9.39. The third-order valence-corrected chi connectivity index (χ3v) is 7.18. The molecule has 0 spiro atoms. The van der Waals surface area contributed by atoms with Gasteiger partial charge in [-0.15, -0.1) is 11.8 Å². The van der Waals surface area contributed by atoms with Gasteiger partial charge in [0.05, 0.1) is 10.1 Å². The van der Waals surface area contributed by atoms with Gasteiger partial charge in [0.1, 0.15) is 0 Å². The SMILES string of the molecule is C[C@@H](SCc1cccc(S(=O)(=O)N(C)C)c1)C(=O)N(C)Cc1ccccc1. The van der Waals surface area contributed by atoms with Crippen LogP contribution in [0, 0.1) is 0 Å². The molecule has 0 N–H and O–H groups in total. The first kappa shape index (κ1) is 21.5. The number of rotatable bonds is 8. The average Bonchev–Trinajstić information content (AvgIpc) is 2.66. The molecular weight excluding hydrogens is 380 g/mol. The summed E-state index contributed by atoms with van der Waals surface area (Å²) in [7, 11) is 1.38. The number of nitrogens with zero attached hydrogens (tertiary/aromatic N) is 2. The highest BCUT2D eigenvalue weighted by Gasteiger charge is 2.20. The minimum Gasteiger partial charge on any atom is -0.340 e. The van der Waals surface area contributed by atoms with E-state index in [4.69, 9.17) is 0 Å². The maximum atomic E-state index is 12.6. The van der Waals surface area contributed by atoms with Crippen LogP contribution in [0.5, 0.6) is 0 Å². The fourth-order valence-electron chi connectivity index (χ4n) is 2.54. The van der Waals surface area contributed by atoms with Crippen LogP contribution in [0.1, 0.15) is 18.1 Å². The van der Waals surface area contributed by atoms with Crippen LogP contribution < -0.4 is 0 Å². The molecule has 5 nitrogen and oxygen atoms in total. The van der Waals surface area contributed by atoms with Crippen molar-refractivity contribution in [2.45, 2.75) is 29.4 Å². The van der Waals surface area contributed by atoms with Gasteiger partial charge >= 0.3 is 0 Å². The maximum absolute atomic E-state index is 12.6. The van der Waals surface area contributed by atoms with E-state index in [-0.39, 0.29) is 16.1 Å². The van der Waals surface area contributed by atoms with Crippen molar-refractivity contribution in [3.63, 3.8) is 0 Å². The summed E-state index contributed by atoms with van der Waals surface area (Å²) < 4.78 is 25.7. The van der Waals surface area contributed by atoms with Crippen LogP contribution in [0.3, 0.4) is 0 Å². The highest BCUT2D eigenvalue weighted by Crippen LogP contribution is 2.22. The number of carbonyl (C=O) groups is 1. The number of hydrogen-bond donors (Lipinski definition) is 0. The van der Waals surface area contributed by atoms with Crippen molar-refractivity contribution in [3.05, 3.63) is 65.7 Å². The molecule has 0 radical (unpaired) electrons. The van der Waals surface area contributed by atoms with Crippen LogP contribution in [-0.4, -0.2) is 49.9 Å². The quantitative estimate of drug-likeness (QED) is 0.675. The monoisotopic (exact) mass is 406 g/mol. The number of carbonyl (C=O) groups excluding carboxylic acids is 1. The molecule has 0 aromatic heterocycles. The van der Waals surface area contributed by atoms with Crippen molar-refractivity contribution >= 4 is 27.7 Å². The first-order valence-electron chi connectivity index (χ1n) is 8.64. The molecule has 0 unspecified atom stereocenters. The van der Waals surface area contributed by atoms with Gasteiger partial charge < -0.3 is 4.90 Å². The third kappa shape index (κ3) is 5.82. The van der Waals surface area contributed by atoms with E-state index in [0.717, 1.165) is 11.1 Å². The number of hydrogen-bond acceptors (Lipinski definition) is 4. The lowest BCUT2D eigenvalue weighted by molar-refractivity contribution is -0.129. The lowest BCUT2D eigenvalue weighted by Gasteiger charge is -2.21. The van der Waals surface area contributed by atoms with Gasteiger partial charge in [-0.2, -0.15) is 0 Å². The second-order valence-corrected chi connectivity index (χ2v) is 10.0. The third-order valence-electron chi connectivity index (χ3n) is 4.16. The van der Waals surface area contributed by atoms with Gasteiger partial charge in [0, 0.05) is 33.4 Å². The first-order valence-corrected chi connectivity index (χ1v) is 11.1. The van der Waals surface area contributed by atoms with Crippen molar-refractivity contribution in [2.75, 3.05) is 21.1 Å². The Labute approximate surface area is 166 Å². The van der Waals surface area contributed by atoms with Gasteiger partial charge in [-0.05, 0) is 30.2 Å². The van der Waals surface area contributed by atoms with Crippen molar-refractivity contribution in [1.29, 1.82) is 0 Å². The predicted molar refractivity (Wildman–Crippen MR) is 111 cm³/mol. The predicted octanol–water partition coefficient (Wildman–Crippen LogP) is 3.22. The van der Waals surface area contributed by atoms with E-state index in [1.807, 2.05) is 43.3 Å². The van der Waals surface area contributed by atoms with Crippen molar-refractivity contribution < 1.29 is 13.2 Å². The van der Waals surface area contributed by atoms with Gasteiger partial charge in [-0.1, -0.05) is 42.5 Å². The summed E-state index contributed by atoms with van der Waals surface area (Å²) >= 11 is 1.50. The molecular formula is C20H26N2O3S2.